The van der Waals surface area contributed by atoms with Gasteiger partial charge in [-0.2, -0.15) is 0 Å². The Hall–Kier alpha value is -0.570. The first-order chi connectivity index (χ1) is 11.7. The van der Waals surface area contributed by atoms with Gasteiger partial charge in [0.25, 0.3) is 0 Å². The summed E-state index contributed by atoms with van der Waals surface area (Å²) in [5.41, 5.74) is 0. The zero-order valence-electron chi connectivity index (χ0n) is 15.8. The standard InChI is InChI=1S/C18H34N4O2.HI/c1-3-19-18(22-13-11-21(12-14-22)16(2)23)20-10-7-15-24-17-8-5-4-6-9-17;/h17H,3-15H2,1-2H3,(H,19,20);1H. The quantitative estimate of drug-likeness (QED) is 0.283. The van der Waals surface area contributed by atoms with E-state index in [1.165, 1.54) is 32.1 Å². The lowest BCUT2D eigenvalue weighted by Gasteiger charge is -2.36. The SMILES string of the molecule is CCNC(=NCCCOC1CCCCC1)N1CCN(C(C)=O)CC1.I. The maximum atomic E-state index is 11.4. The second kappa shape index (κ2) is 12.7. The van der Waals surface area contributed by atoms with E-state index in [1.807, 2.05) is 4.90 Å². The molecular formula is C18H35IN4O2. The molecule has 25 heavy (non-hydrogen) atoms. The van der Waals surface area contributed by atoms with Gasteiger partial charge < -0.3 is 19.9 Å². The van der Waals surface area contributed by atoms with Crippen molar-refractivity contribution in [1.29, 1.82) is 0 Å². The third kappa shape index (κ3) is 8.11. The van der Waals surface area contributed by atoms with Gasteiger partial charge in [0.15, 0.2) is 5.96 Å². The largest absolute Gasteiger partial charge is 0.378 e. The molecule has 0 spiro atoms. The Kier molecular flexibility index (Phi) is 11.4. The fourth-order valence-corrected chi connectivity index (χ4v) is 3.39. The number of nitrogens with zero attached hydrogens (tertiary/aromatic N) is 3. The predicted octanol–water partition coefficient (Wildman–Crippen LogP) is 2.47. The van der Waals surface area contributed by atoms with E-state index in [0.29, 0.717) is 6.10 Å². The molecule has 146 valence electrons. The van der Waals surface area contributed by atoms with Crippen LogP contribution in [0, 0.1) is 0 Å². The highest BCUT2D eigenvalue weighted by Gasteiger charge is 2.20. The van der Waals surface area contributed by atoms with Gasteiger partial charge in [0, 0.05) is 52.8 Å². The molecule has 1 N–H and O–H groups in total. The van der Waals surface area contributed by atoms with Crippen molar-refractivity contribution in [1.82, 2.24) is 15.1 Å². The molecule has 6 nitrogen and oxygen atoms in total. The van der Waals surface area contributed by atoms with E-state index in [9.17, 15) is 4.79 Å². The van der Waals surface area contributed by atoms with Crippen LogP contribution in [0.4, 0.5) is 0 Å². The molecule has 0 radical (unpaired) electrons. The topological polar surface area (TPSA) is 57.2 Å². The van der Waals surface area contributed by atoms with Gasteiger partial charge in [-0.25, -0.2) is 0 Å². The number of hydrogen-bond donors (Lipinski definition) is 1. The molecular weight excluding hydrogens is 431 g/mol. The van der Waals surface area contributed by atoms with Crippen molar-refractivity contribution < 1.29 is 9.53 Å². The first-order valence-corrected chi connectivity index (χ1v) is 9.61. The Labute approximate surface area is 169 Å². The Morgan fingerprint density at radius 2 is 1.76 bits per heavy atom. The number of nitrogens with one attached hydrogen (secondary N) is 1. The number of carbonyl (C=O) groups is 1. The predicted molar refractivity (Wildman–Crippen MR) is 113 cm³/mol. The van der Waals surface area contributed by atoms with Crippen LogP contribution in [0.5, 0.6) is 0 Å². The fraction of sp³-hybridized carbons (Fsp3) is 0.889. The highest BCUT2D eigenvalue weighted by molar-refractivity contribution is 14.0. The normalized spacial score (nSPS) is 19.5. The lowest BCUT2D eigenvalue weighted by molar-refractivity contribution is -0.130. The second-order valence-corrected chi connectivity index (χ2v) is 6.71. The third-order valence-electron chi connectivity index (χ3n) is 4.83. The highest BCUT2D eigenvalue weighted by atomic mass is 127. The summed E-state index contributed by atoms with van der Waals surface area (Å²) in [5.74, 6) is 1.13. The van der Waals surface area contributed by atoms with Gasteiger partial charge in [0.2, 0.25) is 5.91 Å². The number of guanidine groups is 1. The van der Waals surface area contributed by atoms with Crippen LogP contribution in [0.25, 0.3) is 0 Å². The number of piperazine rings is 1. The van der Waals surface area contributed by atoms with Crippen molar-refractivity contribution in [3.05, 3.63) is 0 Å². The number of aliphatic imine (C=N–C) groups is 1. The van der Waals surface area contributed by atoms with Crippen LogP contribution in [0.1, 0.15) is 52.4 Å². The Balaban J connectivity index is 0.00000312. The summed E-state index contributed by atoms with van der Waals surface area (Å²) < 4.78 is 5.96. The van der Waals surface area contributed by atoms with E-state index in [4.69, 9.17) is 9.73 Å². The summed E-state index contributed by atoms with van der Waals surface area (Å²) in [6.45, 7) is 9.47. The van der Waals surface area contributed by atoms with E-state index in [2.05, 4.69) is 17.1 Å². The minimum Gasteiger partial charge on any atom is -0.378 e. The van der Waals surface area contributed by atoms with Gasteiger partial charge in [-0.15, -0.1) is 24.0 Å². The molecule has 0 bridgehead atoms. The summed E-state index contributed by atoms with van der Waals surface area (Å²) in [4.78, 5) is 20.3. The molecule has 2 aliphatic rings. The maximum Gasteiger partial charge on any atom is 0.219 e. The zero-order valence-corrected chi connectivity index (χ0v) is 18.2. The van der Waals surface area contributed by atoms with Gasteiger partial charge in [-0.3, -0.25) is 9.79 Å². The molecule has 1 saturated carbocycles. The monoisotopic (exact) mass is 466 g/mol. The molecule has 2 fully saturated rings. The molecule has 0 unspecified atom stereocenters. The molecule has 0 aromatic heterocycles. The minimum atomic E-state index is 0. The van der Waals surface area contributed by atoms with Crippen LogP contribution in [0.15, 0.2) is 4.99 Å². The van der Waals surface area contributed by atoms with E-state index in [-0.39, 0.29) is 29.9 Å². The first kappa shape index (κ1) is 22.5. The lowest BCUT2D eigenvalue weighted by Crippen LogP contribution is -2.53. The van der Waals surface area contributed by atoms with E-state index >= 15 is 0 Å². The second-order valence-electron chi connectivity index (χ2n) is 6.71. The summed E-state index contributed by atoms with van der Waals surface area (Å²) in [7, 11) is 0. The lowest BCUT2D eigenvalue weighted by atomic mass is 9.98. The van der Waals surface area contributed by atoms with Crippen LogP contribution in [0.2, 0.25) is 0 Å². The van der Waals surface area contributed by atoms with E-state index in [0.717, 1.165) is 58.3 Å². The molecule has 1 amide bonds. The van der Waals surface area contributed by atoms with Crippen LogP contribution < -0.4 is 5.32 Å². The average Bonchev–Trinajstić information content (AvgIpc) is 2.61. The molecule has 0 aromatic carbocycles. The number of rotatable bonds is 6. The van der Waals surface area contributed by atoms with Gasteiger partial charge in [-0.05, 0) is 26.2 Å². The molecule has 0 atom stereocenters. The number of carbonyl (C=O) groups excluding carboxylic acids is 1. The van der Waals surface area contributed by atoms with Crippen molar-refractivity contribution in [2.24, 2.45) is 4.99 Å². The van der Waals surface area contributed by atoms with Crippen molar-refractivity contribution >= 4 is 35.8 Å². The smallest absolute Gasteiger partial charge is 0.219 e. The summed E-state index contributed by atoms with van der Waals surface area (Å²) >= 11 is 0. The summed E-state index contributed by atoms with van der Waals surface area (Å²) in [5, 5.41) is 3.37. The summed E-state index contributed by atoms with van der Waals surface area (Å²) in [6, 6.07) is 0. The maximum absolute atomic E-state index is 11.4. The van der Waals surface area contributed by atoms with Crippen LogP contribution in [0.3, 0.4) is 0 Å². The van der Waals surface area contributed by atoms with Crippen molar-refractivity contribution in [3.8, 4) is 0 Å². The number of halogens is 1. The highest BCUT2D eigenvalue weighted by Crippen LogP contribution is 2.20. The summed E-state index contributed by atoms with van der Waals surface area (Å²) in [6.07, 6.45) is 7.92. The Morgan fingerprint density at radius 1 is 1.12 bits per heavy atom. The van der Waals surface area contributed by atoms with Crippen molar-refractivity contribution in [2.75, 3.05) is 45.9 Å². The van der Waals surface area contributed by atoms with Crippen molar-refractivity contribution in [2.45, 2.75) is 58.5 Å². The minimum absolute atomic E-state index is 0. The molecule has 7 heteroatoms. The van der Waals surface area contributed by atoms with Gasteiger partial charge >= 0.3 is 0 Å². The van der Waals surface area contributed by atoms with Gasteiger partial charge in [-0.1, -0.05) is 19.3 Å². The van der Waals surface area contributed by atoms with Crippen molar-refractivity contribution in [3.63, 3.8) is 0 Å². The molecule has 2 rings (SSSR count). The third-order valence-corrected chi connectivity index (χ3v) is 4.83. The average molecular weight is 466 g/mol. The van der Waals surface area contributed by atoms with E-state index in [1.54, 1.807) is 6.92 Å². The Bertz CT molecular complexity index is 406. The molecule has 1 heterocycles. The van der Waals surface area contributed by atoms with E-state index < -0.39 is 0 Å². The Morgan fingerprint density at radius 3 is 2.36 bits per heavy atom. The van der Waals surface area contributed by atoms with Crippen LogP contribution >= 0.6 is 24.0 Å². The number of ether oxygens (including phenoxy) is 1. The van der Waals surface area contributed by atoms with Gasteiger partial charge in [0.05, 0.1) is 6.10 Å². The first-order valence-electron chi connectivity index (χ1n) is 9.61. The zero-order chi connectivity index (χ0) is 17.2. The number of hydrogen-bond acceptors (Lipinski definition) is 3. The molecule has 0 aromatic rings. The molecule has 1 aliphatic heterocycles. The fourth-order valence-electron chi connectivity index (χ4n) is 3.39. The van der Waals surface area contributed by atoms with Crippen LogP contribution in [-0.4, -0.2) is 73.6 Å². The number of amides is 1. The molecule has 1 aliphatic carbocycles. The van der Waals surface area contributed by atoms with Crippen LogP contribution in [-0.2, 0) is 9.53 Å². The van der Waals surface area contributed by atoms with Gasteiger partial charge in [0.1, 0.15) is 0 Å². The molecule has 1 saturated heterocycles.